The van der Waals surface area contributed by atoms with Gasteiger partial charge >= 0.3 is 0 Å². The first-order chi connectivity index (χ1) is 17.2. The summed E-state index contributed by atoms with van der Waals surface area (Å²) in [4.78, 5) is 14.2. The van der Waals surface area contributed by atoms with Crippen LogP contribution in [0.3, 0.4) is 0 Å². The van der Waals surface area contributed by atoms with Crippen molar-refractivity contribution >= 4 is 39.1 Å². The van der Waals surface area contributed by atoms with E-state index in [0.29, 0.717) is 16.9 Å². The number of nitrogens with one attached hydrogen (secondary N) is 2. The summed E-state index contributed by atoms with van der Waals surface area (Å²) in [6.07, 6.45) is 0. The van der Waals surface area contributed by atoms with Gasteiger partial charge < -0.3 is 5.32 Å². The van der Waals surface area contributed by atoms with Gasteiger partial charge in [-0.25, -0.2) is 8.42 Å². The number of hydrogen-bond acceptors (Lipinski definition) is 4. The lowest BCUT2D eigenvalue weighted by atomic mass is 10.1. The third kappa shape index (κ3) is 6.36. The SMILES string of the molecule is Cc1ccc(C)c(NS(=O)(=O)c2cc(C(=O)Nc3ccc(CSc4ccccc4)cc3)ccc2C)c1. The lowest BCUT2D eigenvalue weighted by Crippen LogP contribution is -2.17. The third-order valence-electron chi connectivity index (χ3n) is 5.74. The van der Waals surface area contributed by atoms with Crippen molar-refractivity contribution in [3.05, 3.63) is 119 Å². The molecule has 0 bridgehead atoms. The summed E-state index contributed by atoms with van der Waals surface area (Å²) in [5.74, 6) is 0.453. The summed E-state index contributed by atoms with van der Waals surface area (Å²) in [5, 5.41) is 2.86. The van der Waals surface area contributed by atoms with Gasteiger partial charge in [-0.3, -0.25) is 9.52 Å². The summed E-state index contributed by atoms with van der Waals surface area (Å²) >= 11 is 1.75. The molecule has 184 valence electrons. The van der Waals surface area contributed by atoms with Crippen molar-refractivity contribution < 1.29 is 13.2 Å². The highest BCUT2D eigenvalue weighted by molar-refractivity contribution is 7.98. The van der Waals surface area contributed by atoms with E-state index in [9.17, 15) is 13.2 Å². The van der Waals surface area contributed by atoms with Crippen LogP contribution in [-0.4, -0.2) is 14.3 Å². The fraction of sp³-hybridized carbons (Fsp3) is 0.138. The molecule has 36 heavy (non-hydrogen) atoms. The Labute approximate surface area is 217 Å². The number of carbonyl (C=O) groups excluding carboxylic acids is 1. The largest absolute Gasteiger partial charge is 0.322 e. The van der Waals surface area contributed by atoms with E-state index in [0.717, 1.165) is 22.4 Å². The van der Waals surface area contributed by atoms with Crippen LogP contribution in [0.1, 0.15) is 32.6 Å². The number of aryl methyl sites for hydroxylation is 3. The molecule has 2 N–H and O–H groups in total. The number of thioether (sulfide) groups is 1. The molecule has 0 heterocycles. The van der Waals surface area contributed by atoms with Gasteiger partial charge in [-0.1, -0.05) is 48.5 Å². The third-order valence-corrected chi connectivity index (χ3v) is 8.33. The van der Waals surface area contributed by atoms with Crippen LogP contribution in [0.25, 0.3) is 0 Å². The van der Waals surface area contributed by atoms with Gasteiger partial charge in [0.25, 0.3) is 15.9 Å². The van der Waals surface area contributed by atoms with E-state index in [2.05, 4.69) is 22.2 Å². The molecule has 4 aromatic rings. The van der Waals surface area contributed by atoms with Crippen molar-refractivity contribution in [3.8, 4) is 0 Å². The molecule has 0 aliphatic rings. The number of anilines is 2. The summed E-state index contributed by atoms with van der Waals surface area (Å²) in [7, 11) is -3.88. The quantitative estimate of drug-likeness (QED) is 0.248. The molecule has 1 amide bonds. The zero-order chi connectivity index (χ0) is 25.7. The van der Waals surface area contributed by atoms with E-state index in [-0.39, 0.29) is 16.4 Å². The molecule has 0 radical (unpaired) electrons. The first kappa shape index (κ1) is 25.5. The predicted molar refractivity (Wildman–Crippen MR) is 148 cm³/mol. The molecular formula is C29H28N2O3S2. The maximum atomic E-state index is 13.2. The Hall–Kier alpha value is -3.55. The second-order valence-corrected chi connectivity index (χ2v) is 11.4. The average Bonchev–Trinajstić information content (AvgIpc) is 2.86. The number of amides is 1. The molecule has 0 aliphatic heterocycles. The van der Waals surface area contributed by atoms with Crippen molar-refractivity contribution in [2.45, 2.75) is 36.3 Å². The molecule has 5 nitrogen and oxygen atoms in total. The summed E-state index contributed by atoms with van der Waals surface area (Å²) in [6, 6.07) is 28.1. The lowest BCUT2D eigenvalue weighted by molar-refractivity contribution is 0.102. The summed E-state index contributed by atoms with van der Waals surface area (Å²) in [6.45, 7) is 5.47. The second kappa shape index (κ2) is 11.0. The lowest BCUT2D eigenvalue weighted by Gasteiger charge is -2.14. The van der Waals surface area contributed by atoms with Crippen LogP contribution in [0.5, 0.6) is 0 Å². The number of hydrogen-bond donors (Lipinski definition) is 2. The Morgan fingerprint density at radius 3 is 2.22 bits per heavy atom. The maximum absolute atomic E-state index is 13.2. The van der Waals surface area contributed by atoms with Crippen LogP contribution in [0.4, 0.5) is 11.4 Å². The highest BCUT2D eigenvalue weighted by Gasteiger charge is 2.20. The monoisotopic (exact) mass is 516 g/mol. The van der Waals surface area contributed by atoms with Gasteiger partial charge in [-0.15, -0.1) is 11.8 Å². The van der Waals surface area contributed by atoms with Crippen LogP contribution in [0.15, 0.2) is 101 Å². The van der Waals surface area contributed by atoms with E-state index in [1.54, 1.807) is 36.9 Å². The molecule has 0 spiro atoms. The van der Waals surface area contributed by atoms with Crippen molar-refractivity contribution in [2.24, 2.45) is 0 Å². The fourth-order valence-electron chi connectivity index (χ4n) is 3.65. The van der Waals surface area contributed by atoms with E-state index < -0.39 is 10.0 Å². The normalized spacial score (nSPS) is 11.2. The van der Waals surface area contributed by atoms with Crippen molar-refractivity contribution in [3.63, 3.8) is 0 Å². The first-order valence-corrected chi connectivity index (χ1v) is 14.0. The minimum atomic E-state index is -3.88. The molecule has 0 aliphatic carbocycles. The molecule has 0 unspecified atom stereocenters. The van der Waals surface area contributed by atoms with Gasteiger partial charge in [-0.05, 0) is 85.5 Å². The minimum Gasteiger partial charge on any atom is -0.322 e. The Morgan fingerprint density at radius 1 is 0.806 bits per heavy atom. The Bertz CT molecular complexity index is 1480. The van der Waals surface area contributed by atoms with Crippen molar-refractivity contribution in [1.29, 1.82) is 0 Å². The van der Waals surface area contributed by atoms with Crippen LogP contribution >= 0.6 is 11.8 Å². The topological polar surface area (TPSA) is 75.3 Å². The second-order valence-electron chi connectivity index (χ2n) is 8.66. The molecule has 0 aromatic heterocycles. The maximum Gasteiger partial charge on any atom is 0.262 e. The van der Waals surface area contributed by atoms with E-state index in [1.807, 2.05) is 68.4 Å². The molecule has 7 heteroatoms. The Morgan fingerprint density at radius 2 is 1.50 bits per heavy atom. The number of sulfonamides is 1. The number of rotatable bonds is 8. The van der Waals surface area contributed by atoms with Crippen molar-refractivity contribution in [1.82, 2.24) is 0 Å². The zero-order valence-electron chi connectivity index (χ0n) is 20.4. The van der Waals surface area contributed by atoms with Crippen molar-refractivity contribution in [2.75, 3.05) is 10.0 Å². The van der Waals surface area contributed by atoms with Gasteiger partial charge in [0.05, 0.1) is 10.6 Å². The standard InChI is InChI=1S/C29H28N2O3S2/c1-20-9-10-21(2)27(17-20)31-36(33,34)28-18-24(14-11-22(28)3)29(32)30-25-15-12-23(13-16-25)19-35-26-7-5-4-6-8-26/h4-18,31H,19H2,1-3H3,(H,30,32). The fourth-order valence-corrected chi connectivity index (χ4v) is 5.92. The molecule has 4 aromatic carbocycles. The highest BCUT2D eigenvalue weighted by atomic mass is 32.2. The Balaban J connectivity index is 1.46. The molecule has 0 saturated heterocycles. The van der Waals surface area contributed by atoms with E-state index >= 15 is 0 Å². The van der Waals surface area contributed by atoms with Gasteiger partial charge in [0.15, 0.2) is 0 Å². The molecular weight excluding hydrogens is 488 g/mol. The van der Waals surface area contributed by atoms with Gasteiger partial charge in [0.2, 0.25) is 0 Å². The molecule has 0 saturated carbocycles. The van der Waals surface area contributed by atoms with Crippen LogP contribution in [-0.2, 0) is 15.8 Å². The minimum absolute atomic E-state index is 0.0735. The number of carbonyl (C=O) groups is 1. The zero-order valence-corrected chi connectivity index (χ0v) is 22.0. The van der Waals surface area contributed by atoms with Gasteiger partial charge in [0.1, 0.15) is 0 Å². The molecule has 0 fully saturated rings. The highest BCUT2D eigenvalue weighted by Crippen LogP contribution is 2.25. The Kier molecular flexibility index (Phi) is 7.82. The molecule has 0 atom stereocenters. The molecule has 4 rings (SSSR count). The van der Waals surface area contributed by atoms with Crippen LogP contribution < -0.4 is 10.0 Å². The van der Waals surface area contributed by atoms with Gasteiger partial charge in [0, 0.05) is 21.9 Å². The first-order valence-electron chi connectivity index (χ1n) is 11.5. The number of benzene rings is 4. The summed E-state index contributed by atoms with van der Waals surface area (Å²) in [5.41, 5.74) is 4.91. The van der Waals surface area contributed by atoms with Crippen LogP contribution in [0.2, 0.25) is 0 Å². The smallest absolute Gasteiger partial charge is 0.262 e. The van der Waals surface area contributed by atoms with Gasteiger partial charge in [-0.2, -0.15) is 0 Å². The van der Waals surface area contributed by atoms with E-state index in [4.69, 9.17) is 0 Å². The van der Waals surface area contributed by atoms with Crippen LogP contribution in [0, 0.1) is 20.8 Å². The summed E-state index contributed by atoms with van der Waals surface area (Å²) < 4.78 is 29.0. The predicted octanol–water partition coefficient (Wildman–Crippen LogP) is 6.96. The van der Waals surface area contributed by atoms with E-state index in [1.165, 1.54) is 11.0 Å². The average molecular weight is 517 g/mol.